The van der Waals surface area contributed by atoms with Crippen LogP contribution in [0.25, 0.3) is 0 Å². The smallest absolute Gasteiger partial charge is 0.207 e. The molecule has 0 heterocycles. The minimum atomic E-state index is -3.82. The molecule has 0 radical (unpaired) electrons. The van der Waals surface area contributed by atoms with Crippen molar-refractivity contribution in [3.05, 3.63) is 53.3 Å². The summed E-state index contributed by atoms with van der Waals surface area (Å²) in [6.45, 7) is 1.86. The number of halogens is 2. The van der Waals surface area contributed by atoms with Crippen LogP contribution in [0.5, 0.6) is 0 Å². The third-order valence-corrected chi connectivity index (χ3v) is 5.37. The molecule has 0 saturated carbocycles. The molecule has 122 valence electrons. The summed E-state index contributed by atoms with van der Waals surface area (Å²) >= 11 is 6.06. The number of hydrogen-bond acceptors (Lipinski definition) is 3. The van der Waals surface area contributed by atoms with Gasteiger partial charge >= 0.3 is 0 Å². The van der Waals surface area contributed by atoms with Gasteiger partial charge in [-0.3, -0.25) is 0 Å². The van der Waals surface area contributed by atoms with Crippen molar-refractivity contribution in [1.82, 2.24) is 4.83 Å². The van der Waals surface area contributed by atoms with Gasteiger partial charge in [-0.1, -0.05) is 29.3 Å². The average molecular weight is 391 g/mol. The maximum Gasteiger partial charge on any atom is 0.276 e. The summed E-state index contributed by atoms with van der Waals surface area (Å²) in [5, 5.41) is 4.57. The molecule has 2 atom stereocenters. The highest BCUT2D eigenvalue weighted by molar-refractivity contribution is 7.89. The SMILES string of the molecule is Cc1ccc(S(=O)(=O)N/N=C(\Cl)c2c(P)cc(F)cc2P)cc1. The monoisotopic (exact) mass is 390 g/mol. The zero-order valence-corrected chi connectivity index (χ0v) is 15.9. The predicted molar refractivity (Wildman–Crippen MR) is 99.0 cm³/mol. The van der Waals surface area contributed by atoms with Gasteiger partial charge in [0, 0.05) is 5.56 Å². The summed E-state index contributed by atoms with van der Waals surface area (Å²) in [6, 6.07) is 8.84. The first-order valence-electron chi connectivity index (χ1n) is 6.37. The molecule has 2 aromatic carbocycles. The lowest BCUT2D eigenvalue weighted by molar-refractivity contribution is 0.584. The van der Waals surface area contributed by atoms with E-state index in [1.807, 2.05) is 6.92 Å². The summed E-state index contributed by atoms with van der Waals surface area (Å²) in [7, 11) is 0.850. The molecule has 0 amide bonds. The molecule has 2 unspecified atom stereocenters. The zero-order valence-electron chi connectivity index (χ0n) is 12.0. The lowest BCUT2D eigenvalue weighted by Gasteiger charge is -2.09. The second-order valence-electron chi connectivity index (χ2n) is 4.77. The molecule has 0 spiro atoms. The van der Waals surface area contributed by atoms with Gasteiger partial charge in [0.05, 0.1) is 4.90 Å². The standard InChI is InChI=1S/C14H14ClFN2O2P2S/c1-8-2-4-10(5-3-8)23(19,20)18-17-14(15)13-11(21)6-9(16)7-12(13)22/h2-7,18H,21-22H2,1H3/b17-14-. The first-order chi connectivity index (χ1) is 10.7. The minimum Gasteiger partial charge on any atom is -0.207 e. The average Bonchev–Trinajstić information content (AvgIpc) is 2.44. The van der Waals surface area contributed by atoms with E-state index in [9.17, 15) is 12.8 Å². The van der Waals surface area contributed by atoms with Crippen molar-refractivity contribution < 1.29 is 12.8 Å². The van der Waals surface area contributed by atoms with Crippen LogP contribution in [-0.2, 0) is 10.0 Å². The van der Waals surface area contributed by atoms with E-state index in [4.69, 9.17) is 11.6 Å². The second kappa shape index (κ2) is 7.23. The quantitative estimate of drug-likeness (QED) is 0.493. The first kappa shape index (κ1) is 18.3. The molecule has 0 saturated heterocycles. The number of benzene rings is 2. The van der Waals surface area contributed by atoms with Crippen LogP contribution in [0.2, 0.25) is 0 Å². The molecule has 0 aliphatic rings. The van der Waals surface area contributed by atoms with Crippen LogP contribution in [0.1, 0.15) is 11.1 Å². The topological polar surface area (TPSA) is 58.5 Å². The van der Waals surface area contributed by atoms with E-state index in [0.29, 0.717) is 16.2 Å². The van der Waals surface area contributed by atoms with Crippen molar-refractivity contribution in [2.45, 2.75) is 11.8 Å². The van der Waals surface area contributed by atoms with Crippen molar-refractivity contribution in [1.29, 1.82) is 0 Å². The Morgan fingerprint density at radius 1 is 1.17 bits per heavy atom. The minimum absolute atomic E-state index is 0.0765. The van der Waals surface area contributed by atoms with Gasteiger partial charge in [0.15, 0.2) is 5.17 Å². The predicted octanol–water partition coefficient (Wildman–Crippen LogP) is 2.01. The molecule has 2 rings (SSSR count). The molecule has 0 aromatic heterocycles. The highest BCUT2D eigenvalue weighted by atomic mass is 35.5. The fourth-order valence-electron chi connectivity index (χ4n) is 1.81. The summed E-state index contributed by atoms with van der Waals surface area (Å²) in [4.78, 5) is 2.15. The maximum atomic E-state index is 13.3. The van der Waals surface area contributed by atoms with Gasteiger partial charge in [-0.2, -0.15) is 18.4 Å². The van der Waals surface area contributed by atoms with E-state index in [0.717, 1.165) is 5.56 Å². The number of rotatable bonds is 4. The van der Waals surface area contributed by atoms with Gasteiger partial charge in [-0.15, -0.1) is 18.5 Å². The van der Waals surface area contributed by atoms with Crippen LogP contribution in [0, 0.1) is 12.7 Å². The summed E-state index contributed by atoms with van der Waals surface area (Å²) < 4.78 is 37.6. The van der Waals surface area contributed by atoms with E-state index >= 15 is 0 Å². The lowest BCUT2D eigenvalue weighted by Crippen LogP contribution is -2.23. The fourth-order valence-corrected chi connectivity index (χ4v) is 4.21. The molecule has 0 fully saturated rings. The Hall–Kier alpha value is -1.06. The molecule has 2 aromatic rings. The number of sulfonamides is 1. The Morgan fingerprint density at radius 2 is 1.70 bits per heavy atom. The maximum absolute atomic E-state index is 13.3. The highest BCUT2D eigenvalue weighted by Gasteiger charge is 2.15. The van der Waals surface area contributed by atoms with Crippen molar-refractivity contribution >= 4 is 55.9 Å². The third-order valence-electron chi connectivity index (χ3n) is 2.97. The number of aryl methyl sites for hydroxylation is 1. The second-order valence-corrected chi connectivity index (χ2v) is 8.03. The van der Waals surface area contributed by atoms with Crippen LogP contribution < -0.4 is 15.4 Å². The van der Waals surface area contributed by atoms with Gasteiger partial charge in [-0.25, -0.2) is 4.39 Å². The Balaban J connectivity index is 2.31. The van der Waals surface area contributed by atoms with Crippen molar-refractivity contribution in [3.8, 4) is 0 Å². The number of hydrogen-bond donors (Lipinski definition) is 1. The Bertz CT molecular complexity index is 848. The molecule has 4 nitrogen and oxygen atoms in total. The first-order valence-corrected chi connectivity index (χ1v) is 9.39. The third kappa shape index (κ3) is 4.48. The molecule has 0 bridgehead atoms. The van der Waals surface area contributed by atoms with Crippen LogP contribution in [0.4, 0.5) is 4.39 Å². The van der Waals surface area contributed by atoms with Gasteiger partial charge in [0.2, 0.25) is 0 Å². The van der Waals surface area contributed by atoms with E-state index in [2.05, 4.69) is 28.4 Å². The van der Waals surface area contributed by atoms with Crippen LogP contribution >= 0.6 is 30.1 Å². The number of nitrogens with one attached hydrogen (secondary N) is 1. The van der Waals surface area contributed by atoms with E-state index in [1.165, 1.54) is 24.3 Å². The molecular formula is C14H14ClFN2O2P2S. The summed E-state index contributed by atoms with van der Waals surface area (Å²) in [6.07, 6.45) is 0. The Kier molecular flexibility index (Phi) is 5.74. The fraction of sp³-hybridized carbons (Fsp3) is 0.0714. The molecule has 1 N–H and O–H groups in total. The number of hydrazone groups is 1. The lowest BCUT2D eigenvalue weighted by atomic mass is 10.2. The highest BCUT2D eigenvalue weighted by Crippen LogP contribution is 2.12. The zero-order chi connectivity index (χ0) is 17.2. The number of nitrogens with zero attached hydrogens (tertiary/aromatic N) is 1. The Morgan fingerprint density at radius 3 is 2.22 bits per heavy atom. The van der Waals surface area contributed by atoms with Crippen molar-refractivity contribution in [2.24, 2.45) is 5.10 Å². The largest absolute Gasteiger partial charge is 0.276 e. The summed E-state index contributed by atoms with van der Waals surface area (Å²) in [5.41, 5.74) is 1.37. The normalized spacial score (nSPS) is 12.3. The van der Waals surface area contributed by atoms with Crippen LogP contribution in [0.15, 0.2) is 46.4 Å². The van der Waals surface area contributed by atoms with Crippen LogP contribution in [0.3, 0.4) is 0 Å². The van der Waals surface area contributed by atoms with E-state index < -0.39 is 15.8 Å². The van der Waals surface area contributed by atoms with Gasteiger partial charge in [0.1, 0.15) is 5.82 Å². The van der Waals surface area contributed by atoms with Crippen LogP contribution in [-0.4, -0.2) is 13.6 Å². The van der Waals surface area contributed by atoms with Gasteiger partial charge in [0.25, 0.3) is 10.0 Å². The molecule has 23 heavy (non-hydrogen) atoms. The molecular weight excluding hydrogens is 377 g/mol. The summed E-state index contributed by atoms with van der Waals surface area (Å²) in [5.74, 6) is -0.423. The van der Waals surface area contributed by atoms with Crippen molar-refractivity contribution in [3.63, 3.8) is 0 Å². The molecule has 0 aliphatic carbocycles. The van der Waals surface area contributed by atoms with Gasteiger partial charge < -0.3 is 0 Å². The molecule has 0 aliphatic heterocycles. The Labute approximate surface area is 144 Å². The van der Waals surface area contributed by atoms with E-state index in [-0.39, 0.29) is 10.1 Å². The van der Waals surface area contributed by atoms with E-state index in [1.54, 1.807) is 12.1 Å². The molecule has 9 heteroatoms. The van der Waals surface area contributed by atoms with Crippen molar-refractivity contribution in [2.75, 3.05) is 0 Å². The van der Waals surface area contributed by atoms with Gasteiger partial charge in [-0.05, 0) is 41.8 Å².